The number of halogens is 1. The summed E-state index contributed by atoms with van der Waals surface area (Å²) in [4.78, 5) is 9.41. The van der Waals surface area contributed by atoms with E-state index in [9.17, 15) is 4.39 Å². The molecule has 4 rings (SSSR count). The lowest BCUT2D eigenvalue weighted by Gasteiger charge is -2.11. The Morgan fingerprint density at radius 3 is 2.73 bits per heavy atom. The summed E-state index contributed by atoms with van der Waals surface area (Å²) in [7, 11) is 1.49. The molecule has 0 saturated heterocycles. The van der Waals surface area contributed by atoms with Crippen molar-refractivity contribution in [3.8, 4) is 17.3 Å². The van der Waals surface area contributed by atoms with Gasteiger partial charge in [0.05, 0.1) is 19.9 Å². The average Bonchev–Trinajstić information content (AvgIpc) is 3.27. The fraction of sp³-hybridized carbons (Fsp3) is 0.292. The molecule has 0 radical (unpaired) electrons. The van der Waals surface area contributed by atoms with E-state index in [-0.39, 0.29) is 6.61 Å². The Morgan fingerprint density at radius 2 is 1.94 bits per heavy atom. The number of ether oxygens (including phenoxy) is 2. The molecule has 0 bridgehead atoms. The molecule has 33 heavy (non-hydrogen) atoms. The first-order valence-electron chi connectivity index (χ1n) is 10.6. The van der Waals surface area contributed by atoms with Gasteiger partial charge in [-0.15, -0.1) is 0 Å². The third-order valence-corrected chi connectivity index (χ3v) is 6.00. The Bertz CT molecular complexity index is 1200. The number of fused-ring (bicyclic) bond motifs is 1. The van der Waals surface area contributed by atoms with Crippen molar-refractivity contribution >= 4 is 22.8 Å². The molecule has 0 fully saturated rings. The molecule has 0 saturated carbocycles. The number of aliphatic hydroxyl groups excluding tert-OH is 1. The molecule has 0 aliphatic heterocycles. The summed E-state index contributed by atoms with van der Waals surface area (Å²) in [6, 6.07) is 14.1. The Labute approximate surface area is 195 Å². The highest BCUT2D eigenvalue weighted by Gasteiger charge is 2.18. The quantitative estimate of drug-likeness (QED) is 0.330. The van der Waals surface area contributed by atoms with E-state index in [0.717, 1.165) is 17.7 Å². The second-order valence-corrected chi connectivity index (χ2v) is 8.49. The number of rotatable bonds is 11. The van der Waals surface area contributed by atoms with E-state index in [1.807, 2.05) is 30.3 Å². The predicted molar refractivity (Wildman–Crippen MR) is 127 cm³/mol. The van der Waals surface area contributed by atoms with E-state index in [4.69, 9.17) is 19.6 Å². The van der Waals surface area contributed by atoms with Gasteiger partial charge in [-0.1, -0.05) is 30.3 Å². The normalized spacial score (nSPS) is 11.1. The highest BCUT2D eigenvalue weighted by Crippen LogP contribution is 2.30. The SMILES string of the molecule is COc1cc(F)ccc1-n1ncc2c(OCc3ccccc3)nc(CCCSCCO)nc21. The summed E-state index contributed by atoms with van der Waals surface area (Å²) >= 11 is 1.69. The van der Waals surface area contributed by atoms with Crippen LogP contribution in [0, 0.1) is 5.82 Å². The maximum atomic E-state index is 13.7. The number of thioether (sulfide) groups is 1. The minimum Gasteiger partial charge on any atom is -0.494 e. The van der Waals surface area contributed by atoms with Crippen LogP contribution in [0.4, 0.5) is 4.39 Å². The van der Waals surface area contributed by atoms with Crippen LogP contribution in [0.2, 0.25) is 0 Å². The number of benzene rings is 2. The zero-order chi connectivity index (χ0) is 23.0. The van der Waals surface area contributed by atoms with Crippen molar-refractivity contribution in [3.05, 3.63) is 71.9 Å². The van der Waals surface area contributed by atoms with E-state index in [1.54, 1.807) is 28.7 Å². The lowest BCUT2D eigenvalue weighted by Crippen LogP contribution is -2.06. The summed E-state index contributed by atoms with van der Waals surface area (Å²) < 4.78 is 26.8. The molecule has 0 unspecified atom stereocenters. The van der Waals surface area contributed by atoms with Gasteiger partial charge in [0.1, 0.15) is 35.1 Å². The van der Waals surface area contributed by atoms with Crippen molar-refractivity contribution in [2.75, 3.05) is 25.2 Å². The van der Waals surface area contributed by atoms with Crippen LogP contribution in [0.5, 0.6) is 11.6 Å². The molecule has 0 amide bonds. The average molecular weight is 469 g/mol. The smallest absolute Gasteiger partial charge is 0.228 e. The molecule has 1 N–H and O–H groups in total. The molecule has 2 heterocycles. The number of methoxy groups -OCH3 is 1. The van der Waals surface area contributed by atoms with Gasteiger partial charge in [0.25, 0.3) is 0 Å². The fourth-order valence-electron chi connectivity index (χ4n) is 3.37. The molecular formula is C24H25FN4O3S. The maximum Gasteiger partial charge on any atom is 0.228 e. The molecule has 172 valence electrons. The van der Waals surface area contributed by atoms with Crippen LogP contribution in [-0.2, 0) is 13.0 Å². The molecule has 2 aromatic carbocycles. The maximum absolute atomic E-state index is 13.7. The standard InChI is InChI=1S/C24H25FN4O3S/c1-31-21-14-18(25)9-10-20(21)29-23-19(15-26-29)24(32-16-17-6-3-2-4-7-17)28-22(27-23)8-5-12-33-13-11-30/h2-4,6-7,9-10,14-15,30H,5,8,11-13,16H2,1H3. The summed E-state index contributed by atoms with van der Waals surface area (Å²) in [6.45, 7) is 0.535. The second kappa shape index (κ2) is 11.1. The minimum atomic E-state index is -0.394. The van der Waals surface area contributed by atoms with E-state index in [2.05, 4.69) is 10.1 Å². The van der Waals surface area contributed by atoms with Crippen molar-refractivity contribution in [2.24, 2.45) is 0 Å². The molecule has 0 aliphatic rings. The highest BCUT2D eigenvalue weighted by molar-refractivity contribution is 7.99. The molecular weight excluding hydrogens is 443 g/mol. The summed E-state index contributed by atoms with van der Waals surface area (Å²) in [5.74, 6) is 2.66. The van der Waals surface area contributed by atoms with Crippen molar-refractivity contribution < 1.29 is 19.0 Å². The van der Waals surface area contributed by atoms with Gasteiger partial charge in [-0.3, -0.25) is 0 Å². The number of nitrogens with zero attached hydrogens (tertiary/aromatic N) is 4. The zero-order valence-electron chi connectivity index (χ0n) is 18.3. The van der Waals surface area contributed by atoms with Crippen LogP contribution in [0.25, 0.3) is 16.7 Å². The van der Waals surface area contributed by atoms with Gasteiger partial charge in [-0.2, -0.15) is 21.8 Å². The summed E-state index contributed by atoms with van der Waals surface area (Å²) in [6.07, 6.45) is 3.17. The topological polar surface area (TPSA) is 82.3 Å². The monoisotopic (exact) mass is 468 g/mol. The molecule has 0 spiro atoms. The fourth-order valence-corrected chi connectivity index (χ4v) is 4.06. The number of aliphatic hydroxyl groups is 1. The Morgan fingerprint density at radius 1 is 1.09 bits per heavy atom. The molecule has 4 aromatic rings. The van der Waals surface area contributed by atoms with Crippen molar-refractivity contribution in [3.63, 3.8) is 0 Å². The van der Waals surface area contributed by atoms with Gasteiger partial charge in [-0.25, -0.2) is 14.1 Å². The first kappa shape index (κ1) is 23.0. The van der Waals surface area contributed by atoms with Gasteiger partial charge in [0.2, 0.25) is 5.88 Å². The molecule has 9 heteroatoms. The summed E-state index contributed by atoms with van der Waals surface area (Å²) in [5, 5.41) is 14.1. The Balaban J connectivity index is 1.69. The number of hydrogen-bond acceptors (Lipinski definition) is 7. The van der Waals surface area contributed by atoms with E-state index >= 15 is 0 Å². The number of hydrogen-bond donors (Lipinski definition) is 1. The molecule has 7 nitrogen and oxygen atoms in total. The van der Waals surface area contributed by atoms with Gasteiger partial charge in [0.15, 0.2) is 5.65 Å². The van der Waals surface area contributed by atoms with Gasteiger partial charge >= 0.3 is 0 Å². The van der Waals surface area contributed by atoms with E-state index in [1.165, 1.54) is 19.2 Å². The molecule has 0 atom stereocenters. The largest absolute Gasteiger partial charge is 0.494 e. The van der Waals surface area contributed by atoms with Crippen LogP contribution in [-0.4, -0.2) is 50.1 Å². The first-order chi connectivity index (χ1) is 16.2. The van der Waals surface area contributed by atoms with Crippen molar-refractivity contribution in [1.82, 2.24) is 19.7 Å². The van der Waals surface area contributed by atoms with Gasteiger partial charge in [-0.05, 0) is 29.9 Å². The minimum absolute atomic E-state index is 0.170. The van der Waals surface area contributed by atoms with Gasteiger partial charge in [0, 0.05) is 18.2 Å². The second-order valence-electron chi connectivity index (χ2n) is 7.27. The Kier molecular flexibility index (Phi) is 7.74. The third kappa shape index (κ3) is 5.61. The summed E-state index contributed by atoms with van der Waals surface area (Å²) in [5.41, 5.74) is 2.17. The van der Waals surface area contributed by atoms with Crippen LogP contribution < -0.4 is 9.47 Å². The predicted octanol–water partition coefficient (Wildman–Crippen LogP) is 4.20. The first-order valence-corrected chi connectivity index (χ1v) is 11.8. The van der Waals surface area contributed by atoms with Crippen molar-refractivity contribution in [1.29, 1.82) is 0 Å². The van der Waals surface area contributed by atoms with Crippen LogP contribution >= 0.6 is 11.8 Å². The van der Waals surface area contributed by atoms with Crippen LogP contribution in [0.15, 0.2) is 54.7 Å². The van der Waals surface area contributed by atoms with E-state index in [0.29, 0.717) is 53.0 Å². The van der Waals surface area contributed by atoms with Crippen LogP contribution in [0.1, 0.15) is 17.8 Å². The van der Waals surface area contributed by atoms with Gasteiger partial charge < -0.3 is 14.6 Å². The highest BCUT2D eigenvalue weighted by atomic mass is 32.2. The molecule has 0 aliphatic carbocycles. The van der Waals surface area contributed by atoms with Crippen LogP contribution in [0.3, 0.4) is 0 Å². The molecule has 2 aromatic heterocycles. The Hall–Kier alpha value is -3.17. The zero-order valence-corrected chi connectivity index (χ0v) is 19.1. The lowest BCUT2D eigenvalue weighted by atomic mass is 10.2. The number of aromatic nitrogens is 4. The van der Waals surface area contributed by atoms with E-state index < -0.39 is 5.82 Å². The third-order valence-electron chi connectivity index (χ3n) is 4.95. The number of aryl methyl sites for hydroxylation is 1. The lowest BCUT2D eigenvalue weighted by molar-refractivity contribution is 0.296. The van der Waals surface area contributed by atoms with Crippen molar-refractivity contribution in [2.45, 2.75) is 19.4 Å².